The van der Waals surface area contributed by atoms with Crippen LogP contribution in [-0.2, 0) is 12.8 Å². The highest BCUT2D eigenvalue weighted by Gasteiger charge is 2.22. The molecule has 1 amide bonds. The van der Waals surface area contributed by atoms with Crippen molar-refractivity contribution >= 4 is 5.91 Å². The van der Waals surface area contributed by atoms with Gasteiger partial charge in [-0.2, -0.15) is 0 Å². The van der Waals surface area contributed by atoms with Crippen LogP contribution in [0.4, 0.5) is 0 Å². The molecule has 6 nitrogen and oxygen atoms in total. The molecule has 1 atom stereocenters. The summed E-state index contributed by atoms with van der Waals surface area (Å²) in [5.41, 5.74) is 3.69. The topological polar surface area (TPSA) is 66.0 Å². The molecule has 0 saturated carbocycles. The Labute approximate surface area is 200 Å². The van der Waals surface area contributed by atoms with E-state index in [0.717, 1.165) is 29.7 Å². The SMILES string of the molecule is CCc1cc(OC)c(OC)cc1C(=O)NC(CCc1ccccc1)c1ccc2c(c1)OCCO2. The van der Waals surface area contributed by atoms with Gasteiger partial charge in [-0.05, 0) is 60.2 Å². The largest absolute Gasteiger partial charge is 0.493 e. The third kappa shape index (κ3) is 5.28. The molecule has 0 fully saturated rings. The zero-order valence-electron chi connectivity index (χ0n) is 19.9. The summed E-state index contributed by atoms with van der Waals surface area (Å²) in [5.74, 6) is 2.44. The van der Waals surface area contributed by atoms with Gasteiger partial charge in [-0.3, -0.25) is 4.79 Å². The number of hydrogen-bond acceptors (Lipinski definition) is 5. The number of amides is 1. The summed E-state index contributed by atoms with van der Waals surface area (Å²) in [6.07, 6.45) is 2.26. The van der Waals surface area contributed by atoms with Crippen molar-refractivity contribution in [2.75, 3.05) is 27.4 Å². The van der Waals surface area contributed by atoms with Gasteiger partial charge in [-0.25, -0.2) is 0 Å². The van der Waals surface area contributed by atoms with E-state index in [-0.39, 0.29) is 11.9 Å². The first-order chi connectivity index (χ1) is 16.6. The summed E-state index contributed by atoms with van der Waals surface area (Å²) in [5, 5.41) is 3.26. The zero-order valence-corrected chi connectivity index (χ0v) is 19.9. The standard InChI is InChI=1S/C28H31NO5/c1-4-20-16-25(31-2)26(32-3)18-22(20)28(30)29-23(12-10-19-8-6-5-7-9-19)21-11-13-24-27(17-21)34-15-14-33-24/h5-9,11,13,16-18,23H,4,10,12,14-15H2,1-3H3,(H,29,30). The number of aryl methyl sites for hydroxylation is 2. The maximum atomic E-state index is 13.5. The van der Waals surface area contributed by atoms with Gasteiger partial charge in [0.25, 0.3) is 5.91 Å². The molecule has 34 heavy (non-hydrogen) atoms. The molecule has 0 aromatic heterocycles. The van der Waals surface area contributed by atoms with E-state index in [4.69, 9.17) is 18.9 Å². The lowest BCUT2D eigenvalue weighted by Crippen LogP contribution is -2.30. The first-order valence-electron chi connectivity index (χ1n) is 11.6. The highest BCUT2D eigenvalue weighted by Crippen LogP contribution is 2.35. The number of fused-ring (bicyclic) bond motifs is 1. The smallest absolute Gasteiger partial charge is 0.252 e. The van der Waals surface area contributed by atoms with Crippen molar-refractivity contribution in [2.24, 2.45) is 0 Å². The fourth-order valence-corrected chi connectivity index (χ4v) is 4.22. The number of carbonyl (C=O) groups is 1. The molecule has 3 aromatic rings. The first kappa shape index (κ1) is 23.5. The van der Waals surface area contributed by atoms with Crippen LogP contribution in [0, 0.1) is 0 Å². The molecule has 1 aliphatic rings. The Balaban J connectivity index is 1.63. The van der Waals surface area contributed by atoms with Crippen molar-refractivity contribution in [1.29, 1.82) is 0 Å². The third-order valence-corrected chi connectivity index (χ3v) is 6.07. The molecule has 1 heterocycles. The van der Waals surface area contributed by atoms with Gasteiger partial charge >= 0.3 is 0 Å². The zero-order chi connectivity index (χ0) is 23.9. The average Bonchev–Trinajstić information content (AvgIpc) is 2.90. The maximum absolute atomic E-state index is 13.5. The summed E-state index contributed by atoms with van der Waals surface area (Å²) in [4.78, 5) is 13.5. The molecule has 4 rings (SSSR count). The van der Waals surface area contributed by atoms with E-state index < -0.39 is 0 Å². The van der Waals surface area contributed by atoms with E-state index in [9.17, 15) is 4.79 Å². The van der Waals surface area contributed by atoms with Gasteiger partial charge in [0.1, 0.15) is 13.2 Å². The van der Waals surface area contributed by atoms with Gasteiger partial charge in [-0.15, -0.1) is 0 Å². The third-order valence-electron chi connectivity index (χ3n) is 6.07. The number of benzene rings is 3. The number of ether oxygens (including phenoxy) is 4. The summed E-state index contributed by atoms with van der Waals surface area (Å²) < 4.78 is 22.3. The summed E-state index contributed by atoms with van der Waals surface area (Å²) in [7, 11) is 3.17. The number of nitrogens with one attached hydrogen (secondary N) is 1. The minimum Gasteiger partial charge on any atom is -0.493 e. The number of rotatable bonds is 9. The van der Waals surface area contributed by atoms with Gasteiger partial charge in [0.15, 0.2) is 23.0 Å². The lowest BCUT2D eigenvalue weighted by atomic mass is 9.97. The van der Waals surface area contributed by atoms with Gasteiger partial charge in [0.2, 0.25) is 0 Å². The fourth-order valence-electron chi connectivity index (χ4n) is 4.22. The Bertz CT molecular complexity index is 1130. The van der Waals surface area contributed by atoms with Gasteiger partial charge in [0, 0.05) is 5.56 Å². The van der Waals surface area contributed by atoms with Crippen molar-refractivity contribution in [2.45, 2.75) is 32.2 Å². The van der Waals surface area contributed by atoms with Crippen LogP contribution in [0.2, 0.25) is 0 Å². The Kier molecular flexibility index (Phi) is 7.58. The van der Waals surface area contributed by atoms with Crippen LogP contribution in [0.5, 0.6) is 23.0 Å². The van der Waals surface area contributed by atoms with E-state index in [1.807, 2.05) is 49.4 Å². The predicted molar refractivity (Wildman–Crippen MR) is 131 cm³/mol. The van der Waals surface area contributed by atoms with E-state index >= 15 is 0 Å². The lowest BCUT2D eigenvalue weighted by molar-refractivity contribution is 0.0933. The van der Waals surface area contributed by atoms with Gasteiger partial charge in [-0.1, -0.05) is 43.3 Å². The molecule has 1 unspecified atom stereocenters. The van der Waals surface area contributed by atoms with Crippen LogP contribution in [0.1, 0.15) is 46.4 Å². The fraction of sp³-hybridized carbons (Fsp3) is 0.321. The molecule has 178 valence electrons. The van der Waals surface area contributed by atoms with Crippen LogP contribution < -0.4 is 24.3 Å². The summed E-state index contributed by atoms with van der Waals surface area (Å²) in [6, 6.07) is 19.6. The van der Waals surface area contributed by atoms with Crippen LogP contribution in [0.15, 0.2) is 60.7 Å². The molecule has 1 aliphatic heterocycles. The molecule has 3 aromatic carbocycles. The van der Waals surface area contributed by atoms with Crippen molar-refractivity contribution < 1.29 is 23.7 Å². The van der Waals surface area contributed by atoms with E-state index in [1.165, 1.54) is 5.56 Å². The van der Waals surface area contributed by atoms with Gasteiger partial charge in [0.05, 0.1) is 20.3 Å². The predicted octanol–water partition coefficient (Wildman–Crippen LogP) is 5.14. The average molecular weight is 462 g/mol. The first-order valence-corrected chi connectivity index (χ1v) is 11.6. The van der Waals surface area contributed by atoms with Gasteiger partial charge < -0.3 is 24.3 Å². The lowest BCUT2D eigenvalue weighted by Gasteiger charge is -2.24. The number of carbonyl (C=O) groups excluding carboxylic acids is 1. The van der Waals surface area contributed by atoms with Crippen molar-refractivity contribution in [3.05, 3.63) is 82.9 Å². The van der Waals surface area contributed by atoms with Crippen LogP contribution in [0.3, 0.4) is 0 Å². The molecular weight excluding hydrogens is 430 g/mol. The minimum absolute atomic E-state index is 0.147. The molecule has 0 spiro atoms. The van der Waals surface area contributed by atoms with E-state index in [2.05, 4.69) is 17.4 Å². The highest BCUT2D eigenvalue weighted by molar-refractivity contribution is 5.96. The van der Waals surface area contributed by atoms with Crippen molar-refractivity contribution in [1.82, 2.24) is 5.32 Å². The molecular formula is C28H31NO5. The van der Waals surface area contributed by atoms with Crippen molar-refractivity contribution in [3.63, 3.8) is 0 Å². The number of methoxy groups -OCH3 is 2. The maximum Gasteiger partial charge on any atom is 0.252 e. The molecule has 1 N–H and O–H groups in total. The highest BCUT2D eigenvalue weighted by atomic mass is 16.6. The molecule has 0 radical (unpaired) electrons. The van der Waals surface area contributed by atoms with Crippen LogP contribution >= 0.6 is 0 Å². The molecule has 0 bridgehead atoms. The molecule has 0 aliphatic carbocycles. The summed E-state index contributed by atoms with van der Waals surface area (Å²) in [6.45, 7) is 3.08. The second-order valence-electron chi connectivity index (χ2n) is 8.17. The Morgan fingerprint density at radius 3 is 2.35 bits per heavy atom. The second kappa shape index (κ2) is 11.0. The number of hydrogen-bond donors (Lipinski definition) is 1. The van der Waals surface area contributed by atoms with Crippen molar-refractivity contribution in [3.8, 4) is 23.0 Å². The van der Waals surface area contributed by atoms with Crippen LogP contribution in [-0.4, -0.2) is 33.3 Å². The Morgan fingerprint density at radius 2 is 1.65 bits per heavy atom. The monoisotopic (exact) mass is 461 g/mol. The van der Waals surface area contributed by atoms with E-state index in [1.54, 1.807) is 20.3 Å². The normalized spacial score (nSPS) is 13.1. The second-order valence-corrected chi connectivity index (χ2v) is 8.17. The van der Waals surface area contributed by atoms with E-state index in [0.29, 0.717) is 42.4 Å². The Morgan fingerprint density at radius 1 is 0.941 bits per heavy atom. The minimum atomic E-state index is -0.207. The summed E-state index contributed by atoms with van der Waals surface area (Å²) >= 11 is 0. The van der Waals surface area contributed by atoms with Crippen LogP contribution in [0.25, 0.3) is 0 Å². The Hall–Kier alpha value is -3.67. The molecule has 0 saturated heterocycles. The molecule has 6 heteroatoms. The quantitative estimate of drug-likeness (QED) is 0.478.